The molecule has 0 aliphatic heterocycles. The van der Waals surface area contributed by atoms with Crippen LogP contribution in [0.4, 0.5) is 5.82 Å². The molecular weight excluding hydrogens is 210 g/mol. The molecule has 1 heterocycles. The quantitative estimate of drug-likeness (QED) is 0.804. The number of halogens is 1. The first kappa shape index (κ1) is 10.7. The maximum atomic E-state index is 5.93. The highest BCUT2D eigenvalue weighted by molar-refractivity contribution is 6.30. The second kappa shape index (κ2) is 4.35. The van der Waals surface area contributed by atoms with Crippen molar-refractivity contribution in [3.05, 3.63) is 17.0 Å². The highest BCUT2D eigenvalue weighted by Gasteiger charge is 2.24. The summed E-state index contributed by atoms with van der Waals surface area (Å²) in [5, 5.41) is 3.95. The topological polar surface area (TPSA) is 37.8 Å². The zero-order chi connectivity index (χ0) is 10.8. The number of anilines is 1. The molecule has 1 N–H and O–H groups in total. The van der Waals surface area contributed by atoms with E-state index >= 15 is 0 Å². The number of hydrogen-bond donors (Lipinski definition) is 1. The van der Waals surface area contributed by atoms with E-state index in [2.05, 4.69) is 22.2 Å². The van der Waals surface area contributed by atoms with E-state index in [1.165, 1.54) is 25.6 Å². The normalized spacial score (nSPS) is 18.3. The Morgan fingerprint density at radius 3 is 2.80 bits per heavy atom. The van der Waals surface area contributed by atoms with E-state index in [4.69, 9.17) is 11.6 Å². The van der Waals surface area contributed by atoms with Gasteiger partial charge in [0.25, 0.3) is 0 Å². The average Bonchev–Trinajstić information content (AvgIpc) is 2.10. The number of nitrogens with one attached hydrogen (secondary N) is 1. The zero-order valence-electron chi connectivity index (χ0n) is 9.13. The van der Waals surface area contributed by atoms with Crippen LogP contribution in [0.15, 0.2) is 6.33 Å². The van der Waals surface area contributed by atoms with Gasteiger partial charge in [0.05, 0.1) is 0 Å². The fourth-order valence-corrected chi connectivity index (χ4v) is 1.98. The van der Waals surface area contributed by atoms with Gasteiger partial charge in [-0.15, -0.1) is 0 Å². The number of rotatable bonds is 3. The summed E-state index contributed by atoms with van der Waals surface area (Å²) in [6.45, 7) is 4.15. The molecule has 1 fully saturated rings. The minimum atomic E-state index is 0.475. The monoisotopic (exact) mass is 225 g/mol. The zero-order valence-corrected chi connectivity index (χ0v) is 9.88. The molecule has 1 unspecified atom stereocenters. The molecule has 1 atom stereocenters. The Hall–Kier alpha value is -0.830. The van der Waals surface area contributed by atoms with Gasteiger partial charge in [-0.3, -0.25) is 0 Å². The highest BCUT2D eigenvalue weighted by atomic mass is 35.5. The SMILES string of the molecule is Cc1c(Cl)ncnc1NC(C)C1CCC1. The molecule has 0 saturated heterocycles. The van der Waals surface area contributed by atoms with Crippen molar-refractivity contribution in [1.82, 2.24) is 9.97 Å². The van der Waals surface area contributed by atoms with Crippen molar-refractivity contribution in [3.8, 4) is 0 Å². The van der Waals surface area contributed by atoms with E-state index in [9.17, 15) is 0 Å². The van der Waals surface area contributed by atoms with Crippen LogP contribution in [0.1, 0.15) is 31.7 Å². The van der Waals surface area contributed by atoms with Gasteiger partial charge < -0.3 is 5.32 Å². The summed E-state index contributed by atoms with van der Waals surface area (Å²) in [6, 6.07) is 0.475. The van der Waals surface area contributed by atoms with Crippen LogP contribution in [0.3, 0.4) is 0 Å². The van der Waals surface area contributed by atoms with Crippen molar-refractivity contribution >= 4 is 17.4 Å². The summed E-state index contributed by atoms with van der Waals surface area (Å²) < 4.78 is 0. The summed E-state index contributed by atoms with van der Waals surface area (Å²) >= 11 is 5.93. The van der Waals surface area contributed by atoms with E-state index in [-0.39, 0.29) is 0 Å². The minimum absolute atomic E-state index is 0.475. The van der Waals surface area contributed by atoms with Gasteiger partial charge in [-0.05, 0) is 32.6 Å². The van der Waals surface area contributed by atoms with Crippen molar-refractivity contribution in [1.29, 1.82) is 0 Å². The van der Waals surface area contributed by atoms with Crippen molar-refractivity contribution in [3.63, 3.8) is 0 Å². The van der Waals surface area contributed by atoms with Crippen LogP contribution >= 0.6 is 11.6 Å². The summed E-state index contributed by atoms with van der Waals surface area (Å²) in [6.07, 6.45) is 5.52. The first-order valence-electron chi connectivity index (χ1n) is 5.42. The van der Waals surface area contributed by atoms with Crippen LogP contribution in [-0.2, 0) is 0 Å². The molecule has 0 spiro atoms. The first-order valence-corrected chi connectivity index (χ1v) is 5.80. The maximum Gasteiger partial charge on any atom is 0.137 e. The Labute approximate surface area is 95.3 Å². The Balaban J connectivity index is 2.06. The molecule has 3 nitrogen and oxygen atoms in total. The summed E-state index contributed by atoms with van der Waals surface area (Å²) in [5.41, 5.74) is 0.936. The third kappa shape index (κ3) is 2.23. The molecule has 1 aromatic heterocycles. The molecule has 1 aliphatic carbocycles. The third-order valence-electron chi connectivity index (χ3n) is 3.24. The van der Waals surface area contributed by atoms with Gasteiger partial charge in [0, 0.05) is 11.6 Å². The van der Waals surface area contributed by atoms with E-state index in [0.717, 1.165) is 17.3 Å². The average molecular weight is 226 g/mol. The molecule has 1 aromatic rings. The van der Waals surface area contributed by atoms with Crippen molar-refractivity contribution in [2.75, 3.05) is 5.32 Å². The lowest BCUT2D eigenvalue weighted by atomic mass is 9.80. The third-order valence-corrected chi connectivity index (χ3v) is 3.62. The predicted octanol–water partition coefficient (Wildman–Crippen LogP) is 3.04. The largest absolute Gasteiger partial charge is 0.367 e. The Morgan fingerprint density at radius 2 is 2.20 bits per heavy atom. The van der Waals surface area contributed by atoms with Crippen LogP contribution in [0.25, 0.3) is 0 Å². The predicted molar refractivity (Wildman–Crippen MR) is 62.2 cm³/mol. The molecule has 82 valence electrons. The van der Waals surface area contributed by atoms with E-state index in [0.29, 0.717) is 11.2 Å². The lowest BCUT2D eigenvalue weighted by Gasteiger charge is -2.32. The summed E-state index contributed by atoms with van der Waals surface area (Å²) in [4.78, 5) is 8.15. The molecule has 15 heavy (non-hydrogen) atoms. The maximum absolute atomic E-state index is 5.93. The van der Waals surface area contributed by atoms with Crippen LogP contribution in [0.2, 0.25) is 5.15 Å². The molecular formula is C11H16ClN3. The van der Waals surface area contributed by atoms with Gasteiger partial charge in [-0.2, -0.15) is 0 Å². The first-order chi connectivity index (χ1) is 7.18. The van der Waals surface area contributed by atoms with Gasteiger partial charge in [0.2, 0.25) is 0 Å². The molecule has 0 radical (unpaired) electrons. The fraction of sp³-hybridized carbons (Fsp3) is 0.636. The van der Waals surface area contributed by atoms with Crippen LogP contribution in [-0.4, -0.2) is 16.0 Å². The van der Waals surface area contributed by atoms with Crippen molar-refractivity contribution in [2.45, 2.75) is 39.2 Å². The molecule has 0 amide bonds. The van der Waals surface area contributed by atoms with Gasteiger partial charge >= 0.3 is 0 Å². The van der Waals surface area contributed by atoms with Crippen LogP contribution in [0.5, 0.6) is 0 Å². The second-order valence-corrected chi connectivity index (χ2v) is 4.62. The molecule has 0 aromatic carbocycles. The smallest absolute Gasteiger partial charge is 0.137 e. The highest BCUT2D eigenvalue weighted by Crippen LogP contribution is 2.31. The summed E-state index contributed by atoms with van der Waals surface area (Å²) in [5.74, 6) is 1.66. The lowest BCUT2D eigenvalue weighted by molar-refractivity contribution is 0.285. The molecule has 4 heteroatoms. The minimum Gasteiger partial charge on any atom is -0.367 e. The molecule has 1 aliphatic rings. The van der Waals surface area contributed by atoms with Gasteiger partial charge in [0.1, 0.15) is 17.3 Å². The summed E-state index contributed by atoms with van der Waals surface area (Å²) in [7, 11) is 0. The van der Waals surface area contributed by atoms with Crippen LogP contribution < -0.4 is 5.32 Å². The lowest BCUT2D eigenvalue weighted by Crippen LogP contribution is -2.31. The molecule has 2 rings (SSSR count). The number of hydrogen-bond acceptors (Lipinski definition) is 3. The van der Waals surface area contributed by atoms with Gasteiger partial charge in [-0.1, -0.05) is 18.0 Å². The van der Waals surface area contributed by atoms with E-state index in [1.54, 1.807) is 0 Å². The fourth-order valence-electron chi connectivity index (χ4n) is 1.85. The number of nitrogens with zero attached hydrogens (tertiary/aromatic N) is 2. The molecule has 0 bridgehead atoms. The van der Waals surface area contributed by atoms with Crippen molar-refractivity contribution < 1.29 is 0 Å². The van der Waals surface area contributed by atoms with E-state index in [1.807, 2.05) is 6.92 Å². The number of aromatic nitrogens is 2. The van der Waals surface area contributed by atoms with Crippen molar-refractivity contribution in [2.24, 2.45) is 5.92 Å². The van der Waals surface area contributed by atoms with Crippen LogP contribution in [0, 0.1) is 12.8 Å². The van der Waals surface area contributed by atoms with Gasteiger partial charge in [-0.25, -0.2) is 9.97 Å². The Morgan fingerprint density at radius 1 is 1.47 bits per heavy atom. The van der Waals surface area contributed by atoms with E-state index < -0.39 is 0 Å². The second-order valence-electron chi connectivity index (χ2n) is 4.26. The Kier molecular flexibility index (Phi) is 3.10. The Bertz CT molecular complexity index is 350. The van der Waals surface area contributed by atoms with Gasteiger partial charge in [0.15, 0.2) is 0 Å². The standard InChI is InChI=1S/C11H16ClN3/c1-7-10(12)13-6-14-11(7)15-8(2)9-4-3-5-9/h6,8-9H,3-5H2,1-2H3,(H,13,14,15). The molecule has 1 saturated carbocycles.